The van der Waals surface area contributed by atoms with Crippen LogP contribution in [0.5, 0.6) is 0 Å². The maximum absolute atomic E-state index is 6.24. The van der Waals surface area contributed by atoms with Crippen LogP contribution in [0.15, 0.2) is 30.3 Å². The molecule has 2 atom stereocenters. The molecule has 1 aliphatic rings. The summed E-state index contributed by atoms with van der Waals surface area (Å²) in [6, 6.07) is 10.2. The largest absolute Gasteiger partial charge is 0.343 e. The van der Waals surface area contributed by atoms with Crippen LogP contribution >= 0.6 is 0 Å². The molecule has 1 aromatic rings. The molecule has 0 amide bonds. The van der Waals surface area contributed by atoms with Crippen molar-refractivity contribution in [2.75, 3.05) is 0 Å². The quantitative estimate of drug-likeness (QED) is 0.773. The van der Waals surface area contributed by atoms with Gasteiger partial charge < -0.3 is 9.47 Å². The van der Waals surface area contributed by atoms with Crippen LogP contribution in [0.3, 0.4) is 0 Å². The lowest BCUT2D eigenvalue weighted by Gasteiger charge is -2.47. The van der Waals surface area contributed by atoms with E-state index in [0.717, 1.165) is 18.4 Å². The maximum Gasteiger partial charge on any atom is 0.195 e. The summed E-state index contributed by atoms with van der Waals surface area (Å²) in [5, 5.41) is 0. The Morgan fingerprint density at radius 3 is 2.41 bits per heavy atom. The Balaban J connectivity index is 2.37. The minimum atomic E-state index is -0.581. The number of hydrogen-bond donors (Lipinski definition) is 0. The Hall–Kier alpha value is -0.860. The molecule has 1 saturated heterocycles. The highest BCUT2D eigenvalue weighted by Crippen LogP contribution is 2.42. The molecular weight excluding hydrogens is 212 g/mol. The zero-order valence-corrected chi connectivity index (χ0v) is 11.2. The molecule has 0 bridgehead atoms. The van der Waals surface area contributed by atoms with Crippen LogP contribution in [0.1, 0.15) is 46.1 Å². The van der Waals surface area contributed by atoms with Crippen molar-refractivity contribution in [1.29, 1.82) is 0 Å². The zero-order chi connectivity index (χ0) is 12.5. The summed E-state index contributed by atoms with van der Waals surface area (Å²) in [5.74, 6) is -0.581. The Morgan fingerprint density at radius 2 is 1.88 bits per heavy atom. The topological polar surface area (TPSA) is 18.5 Å². The molecule has 1 aliphatic heterocycles. The van der Waals surface area contributed by atoms with E-state index in [1.165, 1.54) is 0 Å². The Labute approximate surface area is 104 Å². The highest BCUT2D eigenvalue weighted by molar-refractivity contribution is 5.21. The van der Waals surface area contributed by atoms with E-state index >= 15 is 0 Å². The van der Waals surface area contributed by atoms with E-state index < -0.39 is 5.79 Å². The van der Waals surface area contributed by atoms with Gasteiger partial charge in [-0.15, -0.1) is 0 Å². The summed E-state index contributed by atoms with van der Waals surface area (Å²) in [4.78, 5) is 0. The molecule has 2 rings (SSSR count). The van der Waals surface area contributed by atoms with Gasteiger partial charge in [0.25, 0.3) is 0 Å². The van der Waals surface area contributed by atoms with E-state index in [1.807, 2.05) is 18.2 Å². The smallest absolute Gasteiger partial charge is 0.195 e. The predicted molar refractivity (Wildman–Crippen MR) is 68.7 cm³/mol. The second-order valence-corrected chi connectivity index (χ2v) is 5.47. The van der Waals surface area contributed by atoms with Gasteiger partial charge in [0, 0.05) is 18.4 Å². The molecule has 1 fully saturated rings. The summed E-state index contributed by atoms with van der Waals surface area (Å²) in [6.07, 6.45) is 1.98. The molecule has 0 aliphatic carbocycles. The third kappa shape index (κ3) is 2.53. The van der Waals surface area contributed by atoms with E-state index in [0.29, 0.717) is 0 Å². The van der Waals surface area contributed by atoms with Gasteiger partial charge in [0.1, 0.15) is 0 Å². The lowest BCUT2D eigenvalue weighted by atomic mass is 9.94. The van der Waals surface area contributed by atoms with Crippen LogP contribution < -0.4 is 0 Å². The summed E-state index contributed by atoms with van der Waals surface area (Å²) < 4.78 is 12.4. The number of rotatable bonds is 2. The highest BCUT2D eigenvalue weighted by Gasteiger charge is 2.44. The van der Waals surface area contributed by atoms with Crippen LogP contribution in [0.4, 0.5) is 0 Å². The molecule has 2 unspecified atom stereocenters. The molecule has 17 heavy (non-hydrogen) atoms. The van der Waals surface area contributed by atoms with Crippen molar-refractivity contribution in [2.45, 2.75) is 58.0 Å². The average molecular weight is 234 g/mol. The Morgan fingerprint density at radius 1 is 1.24 bits per heavy atom. The minimum Gasteiger partial charge on any atom is -0.343 e. The normalized spacial score (nSPS) is 32.4. The van der Waals surface area contributed by atoms with Crippen LogP contribution in [-0.4, -0.2) is 11.7 Å². The van der Waals surface area contributed by atoms with Crippen LogP contribution in [-0.2, 0) is 15.3 Å². The van der Waals surface area contributed by atoms with Crippen molar-refractivity contribution in [2.24, 2.45) is 0 Å². The average Bonchev–Trinajstić information content (AvgIpc) is 2.27. The molecule has 0 N–H and O–H groups in total. The van der Waals surface area contributed by atoms with Gasteiger partial charge in [-0.2, -0.15) is 0 Å². The molecular formula is C15H22O2. The van der Waals surface area contributed by atoms with E-state index in [-0.39, 0.29) is 11.7 Å². The molecule has 94 valence electrons. The summed E-state index contributed by atoms with van der Waals surface area (Å²) in [7, 11) is 0. The number of benzene rings is 1. The van der Waals surface area contributed by atoms with Gasteiger partial charge in [0.05, 0.1) is 11.7 Å². The molecule has 0 aromatic heterocycles. The third-order valence-electron chi connectivity index (χ3n) is 3.29. The summed E-state index contributed by atoms with van der Waals surface area (Å²) >= 11 is 0. The molecule has 0 radical (unpaired) electrons. The Bertz CT molecular complexity index is 372. The second kappa shape index (κ2) is 4.43. The summed E-state index contributed by atoms with van der Waals surface area (Å²) in [6.45, 7) is 8.51. The SMILES string of the molecule is CCC1(c2ccccc2)OC(C)CC(C)(C)O1. The first-order valence-electron chi connectivity index (χ1n) is 6.41. The second-order valence-electron chi connectivity index (χ2n) is 5.47. The lowest BCUT2D eigenvalue weighted by Crippen LogP contribution is -2.49. The lowest BCUT2D eigenvalue weighted by molar-refractivity contribution is -0.350. The molecule has 0 spiro atoms. The van der Waals surface area contributed by atoms with Crippen molar-refractivity contribution >= 4 is 0 Å². The van der Waals surface area contributed by atoms with E-state index in [9.17, 15) is 0 Å². The van der Waals surface area contributed by atoms with Crippen LogP contribution in [0, 0.1) is 0 Å². The summed E-state index contributed by atoms with van der Waals surface area (Å²) in [5.41, 5.74) is 0.978. The van der Waals surface area contributed by atoms with E-state index in [1.54, 1.807) is 0 Å². The van der Waals surface area contributed by atoms with Gasteiger partial charge in [-0.25, -0.2) is 0 Å². The fraction of sp³-hybridized carbons (Fsp3) is 0.600. The number of hydrogen-bond acceptors (Lipinski definition) is 2. The van der Waals surface area contributed by atoms with Crippen molar-refractivity contribution < 1.29 is 9.47 Å². The molecule has 1 aromatic carbocycles. The van der Waals surface area contributed by atoms with Crippen molar-refractivity contribution in [3.05, 3.63) is 35.9 Å². The Kier molecular flexibility index (Phi) is 3.28. The predicted octanol–water partition coefficient (Wildman–Crippen LogP) is 3.85. The van der Waals surface area contributed by atoms with Crippen LogP contribution in [0.25, 0.3) is 0 Å². The molecule has 0 saturated carbocycles. The van der Waals surface area contributed by atoms with Gasteiger partial charge in [0.2, 0.25) is 0 Å². The van der Waals surface area contributed by atoms with E-state index in [4.69, 9.17) is 9.47 Å². The fourth-order valence-corrected chi connectivity index (χ4v) is 2.75. The first-order valence-corrected chi connectivity index (χ1v) is 6.41. The van der Waals surface area contributed by atoms with E-state index in [2.05, 4.69) is 39.8 Å². The number of ether oxygens (including phenoxy) is 2. The van der Waals surface area contributed by atoms with Crippen LogP contribution in [0.2, 0.25) is 0 Å². The molecule has 2 heteroatoms. The minimum absolute atomic E-state index is 0.135. The molecule has 1 heterocycles. The van der Waals surface area contributed by atoms with Crippen molar-refractivity contribution in [3.63, 3.8) is 0 Å². The third-order valence-corrected chi connectivity index (χ3v) is 3.29. The van der Waals surface area contributed by atoms with Gasteiger partial charge in [-0.3, -0.25) is 0 Å². The zero-order valence-electron chi connectivity index (χ0n) is 11.2. The van der Waals surface area contributed by atoms with Gasteiger partial charge >= 0.3 is 0 Å². The first-order chi connectivity index (χ1) is 7.97. The monoisotopic (exact) mass is 234 g/mol. The fourth-order valence-electron chi connectivity index (χ4n) is 2.75. The maximum atomic E-state index is 6.24. The van der Waals surface area contributed by atoms with Gasteiger partial charge in [-0.05, 0) is 20.8 Å². The highest BCUT2D eigenvalue weighted by atomic mass is 16.7. The molecule has 2 nitrogen and oxygen atoms in total. The van der Waals surface area contributed by atoms with Gasteiger partial charge in [-0.1, -0.05) is 37.3 Å². The van der Waals surface area contributed by atoms with Crippen molar-refractivity contribution in [1.82, 2.24) is 0 Å². The standard InChI is InChI=1S/C15H22O2/c1-5-15(13-9-7-6-8-10-13)16-12(2)11-14(3,4)17-15/h6-10,12H,5,11H2,1-4H3. The van der Waals surface area contributed by atoms with Gasteiger partial charge in [0.15, 0.2) is 5.79 Å². The van der Waals surface area contributed by atoms with Crippen molar-refractivity contribution in [3.8, 4) is 0 Å². The first kappa shape index (κ1) is 12.6.